The second-order valence-corrected chi connectivity index (χ2v) is 10.5. The van der Waals surface area contributed by atoms with Crippen LogP contribution in [0.4, 0.5) is 11.4 Å². The van der Waals surface area contributed by atoms with Gasteiger partial charge in [-0.15, -0.1) is 0 Å². The van der Waals surface area contributed by atoms with Crippen molar-refractivity contribution in [3.63, 3.8) is 0 Å². The smallest absolute Gasteiger partial charge is 0.230 e. The number of carbonyl (C=O) groups is 2. The quantitative estimate of drug-likeness (QED) is 0.420. The predicted molar refractivity (Wildman–Crippen MR) is 146 cm³/mol. The average molecular weight is 478 g/mol. The summed E-state index contributed by atoms with van der Waals surface area (Å²) in [6, 6.07) is 16.5. The van der Waals surface area contributed by atoms with Crippen molar-refractivity contribution < 1.29 is 9.59 Å². The van der Waals surface area contributed by atoms with Crippen molar-refractivity contribution >= 4 is 23.2 Å². The van der Waals surface area contributed by atoms with Crippen LogP contribution in [0.3, 0.4) is 0 Å². The van der Waals surface area contributed by atoms with Crippen LogP contribution in [-0.4, -0.2) is 36.9 Å². The van der Waals surface area contributed by atoms with Gasteiger partial charge in [-0.1, -0.05) is 70.4 Å². The van der Waals surface area contributed by atoms with Gasteiger partial charge < -0.3 is 15.1 Å². The number of hydrogen-bond acceptors (Lipinski definition) is 3. The van der Waals surface area contributed by atoms with Crippen molar-refractivity contribution in [2.45, 2.75) is 84.2 Å². The first-order valence-electron chi connectivity index (χ1n) is 13.3. The monoisotopic (exact) mass is 477 g/mol. The number of hydrogen-bond donors (Lipinski definition) is 1. The first kappa shape index (κ1) is 26.8. The van der Waals surface area contributed by atoms with Crippen molar-refractivity contribution in [3.05, 3.63) is 59.7 Å². The molecule has 0 heterocycles. The van der Waals surface area contributed by atoms with E-state index in [0.29, 0.717) is 18.9 Å². The van der Waals surface area contributed by atoms with E-state index < -0.39 is 0 Å². The molecule has 5 nitrogen and oxygen atoms in total. The summed E-state index contributed by atoms with van der Waals surface area (Å²) in [4.78, 5) is 30.7. The minimum Gasteiger partial charge on any atom is -0.377 e. The Morgan fingerprint density at radius 2 is 1.69 bits per heavy atom. The highest BCUT2D eigenvalue weighted by molar-refractivity contribution is 5.91. The Kier molecular flexibility index (Phi) is 9.76. The number of rotatable bonds is 10. The molecular weight excluding hydrogens is 434 g/mol. The Balaban J connectivity index is 1.94. The molecule has 0 spiro atoms. The van der Waals surface area contributed by atoms with Gasteiger partial charge in [0.15, 0.2) is 0 Å². The molecule has 2 aromatic rings. The maximum atomic E-state index is 14.1. The van der Waals surface area contributed by atoms with Crippen molar-refractivity contribution in [1.29, 1.82) is 0 Å². The molecular formula is C30H43N3O2. The number of carbonyl (C=O) groups excluding carboxylic acids is 2. The van der Waals surface area contributed by atoms with E-state index in [9.17, 15) is 9.59 Å². The summed E-state index contributed by atoms with van der Waals surface area (Å²) in [5.74, 6) is 0.400. The van der Waals surface area contributed by atoms with Gasteiger partial charge in [-0.25, -0.2) is 0 Å². The normalized spacial score (nSPS) is 15.0. The topological polar surface area (TPSA) is 52.7 Å². The molecule has 0 radical (unpaired) electrons. The number of nitrogens with one attached hydrogen (secondary N) is 1. The van der Waals surface area contributed by atoms with Gasteiger partial charge in [-0.3, -0.25) is 9.59 Å². The second-order valence-electron chi connectivity index (χ2n) is 10.5. The van der Waals surface area contributed by atoms with E-state index in [1.165, 1.54) is 19.3 Å². The van der Waals surface area contributed by atoms with Gasteiger partial charge in [0.2, 0.25) is 11.8 Å². The average Bonchev–Trinajstić information content (AvgIpc) is 2.83. The van der Waals surface area contributed by atoms with Gasteiger partial charge in [0.25, 0.3) is 0 Å². The van der Waals surface area contributed by atoms with E-state index in [0.717, 1.165) is 41.8 Å². The molecule has 1 aliphatic rings. The molecule has 1 N–H and O–H groups in total. The van der Waals surface area contributed by atoms with Crippen LogP contribution in [0.1, 0.15) is 82.8 Å². The lowest BCUT2D eigenvalue weighted by Gasteiger charge is -2.37. The third-order valence-electron chi connectivity index (χ3n) is 6.99. The van der Waals surface area contributed by atoms with Crippen LogP contribution in [0.25, 0.3) is 0 Å². The minimum absolute atomic E-state index is 0.0268. The zero-order valence-electron chi connectivity index (χ0n) is 22.2. The highest BCUT2D eigenvalue weighted by Crippen LogP contribution is 2.32. The Morgan fingerprint density at radius 1 is 1.00 bits per heavy atom. The Hall–Kier alpha value is -2.82. The van der Waals surface area contributed by atoms with E-state index >= 15 is 0 Å². The summed E-state index contributed by atoms with van der Waals surface area (Å²) < 4.78 is 0. The standard InChI is InChI=1S/C30H43N3O2/c1-6-27(23-13-9-7-10-14-23)30(35)33(26-15-11-8-12-16-26)21-24-20-25(17-18-28(24)32(4)5)31-29(34)19-22(2)3/h7,9-10,13-14,17-18,20,22,26-27H,6,8,11-12,15-16,19,21H2,1-5H3,(H,31,34)/t27-/m0/s1. The van der Waals surface area contributed by atoms with E-state index in [4.69, 9.17) is 0 Å². The molecule has 35 heavy (non-hydrogen) atoms. The molecule has 1 atom stereocenters. The molecule has 1 fully saturated rings. The van der Waals surface area contributed by atoms with Gasteiger partial charge in [-0.05, 0) is 54.5 Å². The van der Waals surface area contributed by atoms with Crippen LogP contribution in [0.15, 0.2) is 48.5 Å². The third kappa shape index (κ3) is 7.33. The van der Waals surface area contributed by atoms with Gasteiger partial charge in [0.1, 0.15) is 0 Å². The van der Waals surface area contributed by atoms with Crippen molar-refractivity contribution in [2.75, 3.05) is 24.3 Å². The van der Waals surface area contributed by atoms with Crippen LogP contribution in [0.2, 0.25) is 0 Å². The molecule has 1 aliphatic carbocycles. The first-order chi connectivity index (χ1) is 16.8. The number of benzene rings is 2. The zero-order valence-corrected chi connectivity index (χ0v) is 22.2. The fourth-order valence-corrected chi connectivity index (χ4v) is 5.21. The summed E-state index contributed by atoms with van der Waals surface area (Å²) in [5, 5.41) is 3.06. The van der Waals surface area contributed by atoms with E-state index in [2.05, 4.69) is 46.3 Å². The van der Waals surface area contributed by atoms with Crippen LogP contribution in [0, 0.1) is 5.92 Å². The van der Waals surface area contributed by atoms with Crippen molar-refractivity contribution in [1.82, 2.24) is 4.90 Å². The highest BCUT2D eigenvalue weighted by Gasteiger charge is 2.31. The molecule has 5 heteroatoms. The summed E-state index contributed by atoms with van der Waals surface area (Å²) in [7, 11) is 4.06. The molecule has 0 aliphatic heterocycles. The molecule has 1 saturated carbocycles. The summed E-state index contributed by atoms with van der Waals surface area (Å²) >= 11 is 0. The Bertz CT molecular complexity index is 965. The molecule has 0 unspecified atom stereocenters. The minimum atomic E-state index is -0.144. The van der Waals surface area contributed by atoms with Crippen molar-refractivity contribution in [2.24, 2.45) is 5.92 Å². The van der Waals surface area contributed by atoms with Gasteiger partial charge in [0, 0.05) is 44.5 Å². The second kappa shape index (κ2) is 12.8. The lowest BCUT2D eigenvalue weighted by molar-refractivity contribution is -0.136. The van der Waals surface area contributed by atoms with E-state index in [1.54, 1.807) is 0 Å². The Labute approximate surface area is 211 Å². The molecule has 190 valence electrons. The summed E-state index contributed by atoms with van der Waals surface area (Å²) in [5.41, 5.74) is 4.03. The maximum Gasteiger partial charge on any atom is 0.230 e. The highest BCUT2D eigenvalue weighted by atomic mass is 16.2. The van der Waals surface area contributed by atoms with Crippen LogP contribution < -0.4 is 10.2 Å². The van der Waals surface area contributed by atoms with E-state index in [1.807, 2.05) is 52.2 Å². The van der Waals surface area contributed by atoms with E-state index in [-0.39, 0.29) is 23.8 Å². The summed E-state index contributed by atoms with van der Waals surface area (Å²) in [6.45, 7) is 6.74. The number of amides is 2. The lowest BCUT2D eigenvalue weighted by Crippen LogP contribution is -2.43. The lowest BCUT2D eigenvalue weighted by atomic mass is 9.90. The molecule has 2 aromatic carbocycles. The van der Waals surface area contributed by atoms with Gasteiger partial charge in [-0.2, -0.15) is 0 Å². The van der Waals surface area contributed by atoms with Crippen LogP contribution in [0.5, 0.6) is 0 Å². The fourth-order valence-electron chi connectivity index (χ4n) is 5.21. The van der Waals surface area contributed by atoms with Crippen LogP contribution in [-0.2, 0) is 16.1 Å². The largest absolute Gasteiger partial charge is 0.377 e. The third-order valence-corrected chi connectivity index (χ3v) is 6.99. The van der Waals surface area contributed by atoms with Crippen molar-refractivity contribution in [3.8, 4) is 0 Å². The summed E-state index contributed by atoms with van der Waals surface area (Å²) in [6.07, 6.45) is 6.96. The van der Waals surface area contributed by atoms with Gasteiger partial charge in [0.05, 0.1) is 5.92 Å². The van der Waals surface area contributed by atoms with Crippen LogP contribution >= 0.6 is 0 Å². The SMILES string of the molecule is CC[C@H](C(=O)N(Cc1cc(NC(=O)CC(C)C)ccc1N(C)C)C1CCCCC1)c1ccccc1. The molecule has 0 saturated heterocycles. The molecule has 0 bridgehead atoms. The zero-order chi connectivity index (χ0) is 25.4. The predicted octanol–water partition coefficient (Wildman–Crippen LogP) is 6.59. The number of nitrogens with zero attached hydrogens (tertiary/aromatic N) is 2. The fraction of sp³-hybridized carbons (Fsp3) is 0.533. The molecule has 2 amide bonds. The Morgan fingerprint density at radius 3 is 2.29 bits per heavy atom. The maximum absolute atomic E-state index is 14.1. The molecule has 3 rings (SSSR count). The molecule has 0 aromatic heterocycles. The van der Waals surface area contributed by atoms with Gasteiger partial charge >= 0.3 is 0 Å². The number of anilines is 2. The first-order valence-corrected chi connectivity index (χ1v) is 13.3.